The van der Waals surface area contributed by atoms with Crippen LogP contribution in [0.3, 0.4) is 0 Å². The number of ether oxygens (including phenoxy) is 1. The molecule has 17 rings (SSSR count). The van der Waals surface area contributed by atoms with E-state index < -0.39 is 134 Å². The van der Waals surface area contributed by atoms with Crippen LogP contribution in [0.5, 0.6) is 5.75 Å². The summed E-state index contributed by atoms with van der Waals surface area (Å²) < 4.78 is 266. The second kappa shape index (κ2) is 62.0. The van der Waals surface area contributed by atoms with Gasteiger partial charge in [-0.2, -0.15) is 13.0 Å². The van der Waals surface area contributed by atoms with Crippen LogP contribution in [0.15, 0.2) is 374 Å². The van der Waals surface area contributed by atoms with Gasteiger partial charge in [-0.1, -0.05) is 187 Å². The fourth-order valence-corrected chi connectivity index (χ4v) is 20.2. The minimum absolute atomic E-state index is 0.225. The number of Topliss-reactive ketones (excluding diaryl/α,β-unsaturated/α-hetero) is 1. The van der Waals surface area contributed by atoms with E-state index in [9.17, 15) is 112 Å². The summed E-state index contributed by atoms with van der Waals surface area (Å²) in [6, 6.07) is 106. The van der Waals surface area contributed by atoms with E-state index in [0.29, 0.717) is 16.7 Å². The Balaban J connectivity index is 0.000000200. The molecule has 0 aliphatic carbocycles. The van der Waals surface area contributed by atoms with Crippen molar-refractivity contribution in [3.8, 4) is 5.75 Å². The van der Waals surface area contributed by atoms with Gasteiger partial charge in [0.05, 0.1) is 42.7 Å². The van der Waals surface area contributed by atoms with Gasteiger partial charge >= 0.3 is 0 Å². The molecule has 1 atom stereocenters. The average Bonchev–Trinajstić information content (AvgIpc) is 0.808. The molecule has 0 amide bonds. The molecule has 1 unspecified atom stereocenters. The number of thiol groups is 3. The molecule has 1 N–H and O–H groups in total. The van der Waals surface area contributed by atoms with Crippen molar-refractivity contribution in [1.29, 1.82) is 0 Å². The number of rotatable bonds is 24. The number of halogens is 16. The minimum Gasteiger partial charge on any atom is -0.744 e. The first kappa shape index (κ1) is 121. The van der Waals surface area contributed by atoms with Crippen LogP contribution in [0, 0.1) is 94.2 Å². The molecule has 770 valence electrons. The van der Waals surface area contributed by atoms with E-state index in [1.807, 2.05) is 213 Å². The summed E-state index contributed by atoms with van der Waals surface area (Å²) in [4.78, 5) is 16.1. The molecule has 18 nitrogen and oxygen atoms in total. The number of anilines is 2. The van der Waals surface area contributed by atoms with Gasteiger partial charge in [0.1, 0.15) is 63.3 Å². The number of ketones is 1. The van der Waals surface area contributed by atoms with Gasteiger partial charge < -0.3 is 34.9 Å². The summed E-state index contributed by atoms with van der Waals surface area (Å²) in [5.41, 5.74) is 4.19. The zero-order valence-electron chi connectivity index (χ0n) is 75.7. The summed E-state index contributed by atoms with van der Waals surface area (Å²) in [7, 11) is -10.9. The number of aryl methyl sites for hydroxylation is 1. The predicted molar refractivity (Wildman–Crippen MR) is 539 cm³/mol. The average molecular weight is 2250 g/mol. The Morgan fingerprint density at radius 3 is 1.30 bits per heavy atom. The second-order valence-electron chi connectivity index (χ2n) is 29.0. The van der Waals surface area contributed by atoms with E-state index in [4.69, 9.17) is 16.3 Å². The molecule has 0 bridgehead atoms. The van der Waals surface area contributed by atoms with Crippen LogP contribution < -0.4 is 25.8 Å². The van der Waals surface area contributed by atoms with Crippen molar-refractivity contribution in [3.63, 3.8) is 0 Å². The van der Waals surface area contributed by atoms with Crippen molar-refractivity contribution in [2.45, 2.75) is 85.4 Å². The number of hydrogen-bond donors (Lipinski definition) is 2. The smallest absolute Gasteiger partial charge is 0.211 e. The van der Waals surface area contributed by atoms with Crippen molar-refractivity contribution < 1.29 is 145 Å². The van der Waals surface area contributed by atoms with Crippen LogP contribution in [0.4, 0.5) is 77.2 Å². The number of fused-ring (bicyclic) bond motifs is 3. The maximum Gasteiger partial charge on any atom is 0.211 e. The maximum atomic E-state index is 12.7. The zero-order chi connectivity index (χ0) is 107. The van der Waals surface area contributed by atoms with E-state index in [1.165, 1.54) is 83.3 Å². The highest BCUT2D eigenvalue weighted by molar-refractivity contribution is 7.98. The van der Waals surface area contributed by atoms with Gasteiger partial charge in [-0.15, -0.1) is 12.6 Å². The molecule has 0 aromatic heterocycles. The zero-order valence-corrected chi connectivity index (χ0v) is 85.8. The number of carbonyl (C=O) groups is 1. The second-order valence-corrected chi connectivity index (χ2v) is 42.5. The molecule has 0 saturated carbocycles. The maximum absolute atomic E-state index is 12.7. The van der Waals surface area contributed by atoms with Crippen LogP contribution in [-0.4, -0.2) is 67.1 Å². The Morgan fingerprint density at radius 2 is 0.836 bits per heavy atom. The monoisotopic (exact) mass is 2250 g/mol. The highest BCUT2D eigenvalue weighted by atomic mass is 35.5. The quantitative estimate of drug-likeness (QED) is 0.00462. The van der Waals surface area contributed by atoms with Gasteiger partial charge in [-0.25, -0.2) is 82.7 Å². The summed E-state index contributed by atoms with van der Waals surface area (Å²) in [6.07, 6.45) is 4.80. The summed E-state index contributed by atoms with van der Waals surface area (Å²) >= 11 is 17.2. The SMILES string of the molecule is CCOc1ccc([SH+]c2ccc(C)cc2)cc1.C[S+](CCl)c1ccccc1.O=C(C[S+]1CCCC1)c1ccccc1.O=S(=O)([O-])c1c(F)c(F)c(F)c(F)c1F.O=S(=O)([O-])c1c(F)c(F)c(F)c(F)c1F.Sc1ccc([SH+]c2ccccc2)cc1.[O-]OOSc1c(F)c(F)c(F)c(F)c1F.[O-]OOSc1ccc2cccc(Nc3ccccc3)c2c1.[O-]OOSc1cccc2cc3ccccc3cc12.[SH2+]c1ccccc1. The van der Waals surface area contributed by atoms with E-state index in [-0.39, 0.29) is 10.9 Å². The third kappa shape index (κ3) is 38.2. The van der Waals surface area contributed by atoms with E-state index in [1.54, 1.807) is 0 Å². The molecule has 45 heteroatoms. The number of alkyl halides is 1. The van der Waals surface area contributed by atoms with Crippen molar-refractivity contribution in [2.75, 3.05) is 40.7 Å². The van der Waals surface area contributed by atoms with Gasteiger partial charge in [-0.05, 0) is 223 Å². The molecule has 1 fully saturated rings. The Bertz CT molecular complexity index is 6930. The summed E-state index contributed by atoms with van der Waals surface area (Å²) in [6.45, 7) is 4.82. The first-order chi connectivity index (χ1) is 69.8. The molecule has 146 heavy (non-hydrogen) atoms. The molecule has 1 aliphatic heterocycles. The van der Waals surface area contributed by atoms with Gasteiger partial charge in [0.25, 0.3) is 0 Å². The number of hydrogen-bond acceptors (Lipinski definition) is 22. The number of carbonyl (C=O) groups excluding carboxylic acids is 1. The Kier molecular flexibility index (Phi) is 51.2. The molecule has 0 radical (unpaired) electrons. The van der Waals surface area contributed by atoms with Crippen LogP contribution >= 0.6 is 60.4 Å². The molecule has 16 aromatic rings. The van der Waals surface area contributed by atoms with Crippen LogP contribution in [-0.2, 0) is 106 Å². The molecule has 0 spiro atoms. The topological polar surface area (TPSA) is 277 Å². The van der Waals surface area contributed by atoms with Crippen LogP contribution in [0.25, 0.3) is 32.3 Å². The lowest BCUT2D eigenvalue weighted by molar-refractivity contribution is -0.777. The lowest BCUT2D eigenvalue weighted by Crippen LogP contribution is -2.17. The minimum atomic E-state index is -5.77. The normalized spacial score (nSPS) is 11.6. The Hall–Kier alpha value is -10.6. The first-order valence-electron chi connectivity index (χ1n) is 41.7. The lowest BCUT2D eigenvalue weighted by Gasteiger charge is -2.11. The van der Waals surface area contributed by atoms with E-state index in [2.05, 4.69) is 181 Å². The van der Waals surface area contributed by atoms with E-state index in [0.717, 1.165) is 111 Å². The molecular formula is C101H81ClF15NO17S11. The fraction of sp³-hybridized carbons (Fsp3) is 0.0990. The van der Waals surface area contributed by atoms with Gasteiger partial charge in [0, 0.05) is 71.4 Å². The van der Waals surface area contributed by atoms with Crippen molar-refractivity contribution in [3.05, 3.63) is 414 Å². The van der Waals surface area contributed by atoms with E-state index >= 15 is 0 Å². The number of benzene rings is 16. The van der Waals surface area contributed by atoms with Crippen molar-refractivity contribution in [1.82, 2.24) is 0 Å². The third-order valence-corrected chi connectivity index (χ3v) is 30.3. The lowest BCUT2D eigenvalue weighted by atomic mass is 10.0. The molecule has 16 aromatic carbocycles. The van der Waals surface area contributed by atoms with Crippen molar-refractivity contribution in [2.24, 2.45) is 0 Å². The first-order valence-corrected chi connectivity index (χ1v) is 53.6. The Labute approximate surface area is 871 Å². The predicted octanol–water partition coefficient (Wildman–Crippen LogP) is 23.9. The summed E-state index contributed by atoms with van der Waals surface area (Å²) in [5.74, 6) is -31.8. The number of nitrogens with one attached hydrogen (secondary N) is 1. The highest BCUT2D eigenvalue weighted by Gasteiger charge is 2.32. The summed E-state index contributed by atoms with van der Waals surface area (Å²) in [5, 5.41) is 49.4. The fourth-order valence-electron chi connectivity index (χ4n) is 12.2. The number of para-hydroxylation sites is 1. The van der Waals surface area contributed by atoms with Gasteiger partial charge in [0.15, 0.2) is 105 Å². The molecular weight excluding hydrogens is 2170 g/mol. The highest BCUT2D eigenvalue weighted by Crippen LogP contribution is 2.37. The van der Waals surface area contributed by atoms with Crippen LogP contribution in [0.2, 0.25) is 0 Å². The largest absolute Gasteiger partial charge is 0.744 e. The molecule has 1 heterocycles. The Morgan fingerprint density at radius 1 is 0.438 bits per heavy atom. The third-order valence-electron chi connectivity index (χ3n) is 19.0. The standard InChI is InChI=1S/C16H13NO3S.C15H16OS.C14H10O3S.C12H15OS.C12H10S2.C8H10ClS.3C6HF5O3S.C6H6S/c18-19-20-21-14-10-9-12-5-4-8-16(15(12)11-14)17-13-6-2-1-3-7-13;1-3-16-13-6-10-15(11-7-13)17-14-8-4-12(2)5-9-14;15-16-17-18-14-7-3-6-12-8-10-4-1-2-5-11(10)9-13(12)14;13-12(10-14-8-4-5-9-14)11-6-2-1-3-7-11;13-10-6-8-12(9-7-10)14-11-4-2-1-3-5-11;1-10(7-9)8-5-3-2-4-6-8;2*7-1-2(8)4(10)6(15(12,13)14)5(11)3(1)9;7-1-2(8)4(10)6(15-14-13-12)5(11)3(1)9;7-6-4-2-1-3-5-6/h1-11,17-18H;4-11H,3H2,1-2H3;1-9,15H;1-3,6-7H,4-5,8-10H2;1-9,13H;2-6H,7H2,1H3;2*(H,12,13,14);12H;1-5,7H/q;;;+1;;+1;;;;/p-2. The molecule has 1 aliphatic rings. The van der Waals surface area contributed by atoms with Crippen LogP contribution in [0.1, 0.15) is 35.7 Å². The molecule has 1 saturated heterocycles. The van der Waals surface area contributed by atoms with Gasteiger partial charge in [0.2, 0.25) is 23.2 Å². The van der Waals surface area contributed by atoms with Crippen molar-refractivity contribution >= 4 is 188 Å². The van der Waals surface area contributed by atoms with Gasteiger partial charge in [-0.3, -0.25) is 19.9 Å².